The Kier molecular flexibility index (Phi) is 21.6. The average molecular weight is 625 g/mol. The van der Waals surface area contributed by atoms with Crippen LogP contribution in [-0.4, -0.2) is 127 Å². The van der Waals surface area contributed by atoms with E-state index in [2.05, 4.69) is 33.9 Å². The van der Waals surface area contributed by atoms with Crippen molar-refractivity contribution in [2.45, 2.75) is 104 Å². The van der Waals surface area contributed by atoms with E-state index in [0.29, 0.717) is 46.1 Å². The molecule has 0 aromatic heterocycles. The van der Waals surface area contributed by atoms with E-state index in [1.165, 1.54) is 22.6 Å². The van der Waals surface area contributed by atoms with Crippen molar-refractivity contribution >= 4 is 20.5 Å². The summed E-state index contributed by atoms with van der Waals surface area (Å²) in [5.41, 5.74) is -0.944. The standard InChI is InChI=1S/C16H35NO4Si.C10H21NO4.C4H8O/c1-15(2,3)21-14(18)17(7)10-11-19-12-13-20-22(8,9)16(4,5)6;1-10(2,3)15-9(13)11(4)5-7-14-8-6-12;1-2-4-5-3-1/h10-13H2,1-9H3;12H,5-8H2,1-4H3;1-4H2. The molecular weight excluding hydrogens is 560 g/mol. The van der Waals surface area contributed by atoms with E-state index in [1.807, 2.05) is 41.5 Å². The minimum atomic E-state index is -1.70. The Bertz CT molecular complexity index is 705. The lowest BCUT2D eigenvalue weighted by atomic mass is 10.2. The lowest BCUT2D eigenvalue weighted by molar-refractivity contribution is 0.0204. The number of hydrogen-bond donors (Lipinski definition) is 1. The molecule has 12 heteroatoms. The van der Waals surface area contributed by atoms with E-state index in [1.54, 1.807) is 14.1 Å². The van der Waals surface area contributed by atoms with Crippen LogP contribution in [0.2, 0.25) is 18.1 Å². The number of ether oxygens (including phenoxy) is 5. The van der Waals surface area contributed by atoms with Crippen LogP contribution in [0, 0.1) is 0 Å². The number of aliphatic hydroxyl groups excluding tert-OH is 1. The van der Waals surface area contributed by atoms with Crippen LogP contribution in [0.5, 0.6) is 0 Å². The Morgan fingerprint density at radius 2 is 1.12 bits per heavy atom. The minimum absolute atomic E-state index is 0.00382. The zero-order valence-corrected chi connectivity index (χ0v) is 30.1. The number of carbonyl (C=O) groups is 2. The van der Waals surface area contributed by atoms with E-state index in [0.717, 1.165) is 13.2 Å². The second-order valence-electron chi connectivity index (χ2n) is 13.7. The highest BCUT2D eigenvalue weighted by atomic mass is 28.4. The SMILES string of the molecule is C1CCOC1.CN(CCOCCO)C(=O)OC(C)(C)C.CN(CCOCCO[Si](C)(C)C(C)(C)C)C(=O)OC(C)(C)C. The minimum Gasteiger partial charge on any atom is -0.444 e. The van der Waals surface area contributed by atoms with Crippen molar-refractivity contribution in [3.8, 4) is 0 Å². The van der Waals surface area contributed by atoms with Gasteiger partial charge in [0, 0.05) is 40.4 Å². The molecule has 1 aliphatic heterocycles. The third-order valence-corrected chi connectivity index (χ3v) is 10.7. The zero-order chi connectivity index (χ0) is 33.0. The van der Waals surface area contributed by atoms with Gasteiger partial charge in [-0.25, -0.2) is 9.59 Å². The average Bonchev–Trinajstić information content (AvgIpc) is 3.41. The molecule has 252 valence electrons. The molecule has 1 saturated heterocycles. The molecule has 1 fully saturated rings. The van der Waals surface area contributed by atoms with Crippen LogP contribution in [0.4, 0.5) is 9.59 Å². The number of hydrogen-bond acceptors (Lipinski definition) is 9. The molecule has 1 N–H and O–H groups in total. The number of carbonyl (C=O) groups excluding carboxylic acids is 2. The van der Waals surface area contributed by atoms with Gasteiger partial charge in [-0.3, -0.25) is 0 Å². The van der Waals surface area contributed by atoms with Gasteiger partial charge < -0.3 is 43.0 Å². The molecule has 0 aromatic rings. The maximum absolute atomic E-state index is 11.7. The first-order valence-corrected chi connectivity index (χ1v) is 17.9. The molecule has 0 unspecified atom stereocenters. The molecule has 1 heterocycles. The summed E-state index contributed by atoms with van der Waals surface area (Å²) < 4.78 is 32.0. The van der Waals surface area contributed by atoms with Gasteiger partial charge in [-0.1, -0.05) is 20.8 Å². The summed E-state index contributed by atoms with van der Waals surface area (Å²) in [5, 5.41) is 8.68. The number of nitrogens with zero attached hydrogens (tertiary/aromatic N) is 2. The molecule has 11 nitrogen and oxygen atoms in total. The van der Waals surface area contributed by atoms with Crippen LogP contribution in [0.15, 0.2) is 0 Å². The van der Waals surface area contributed by atoms with Gasteiger partial charge in [-0.15, -0.1) is 0 Å². The summed E-state index contributed by atoms with van der Waals surface area (Å²) in [6.07, 6.45) is 1.86. The van der Waals surface area contributed by atoms with Gasteiger partial charge in [-0.05, 0) is 72.5 Å². The molecule has 0 saturated carbocycles. The number of rotatable bonds is 12. The van der Waals surface area contributed by atoms with Crippen molar-refractivity contribution in [2.75, 3.05) is 80.0 Å². The number of aliphatic hydroxyl groups is 1. The first-order valence-electron chi connectivity index (χ1n) is 15.0. The topological polar surface area (TPSA) is 116 Å². The van der Waals surface area contributed by atoms with Gasteiger partial charge in [0.1, 0.15) is 11.2 Å². The molecule has 0 spiro atoms. The highest BCUT2D eigenvalue weighted by Crippen LogP contribution is 2.36. The molecule has 1 aliphatic rings. The molecule has 0 atom stereocenters. The maximum Gasteiger partial charge on any atom is 0.410 e. The first kappa shape index (κ1) is 42.7. The van der Waals surface area contributed by atoms with Crippen molar-refractivity contribution in [1.29, 1.82) is 0 Å². The van der Waals surface area contributed by atoms with Crippen molar-refractivity contribution in [1.82, 2.24) is 9.80 Å². The van der Waals surface area contributed by atoms with Gasteiger partial charge in [0.05, 0.1) is 39.6 Å². The van der Waals surface area contributed by atoms with Crippen LogP contribution in [-0.2, 0) is 28.1 Å². The second-order valence-corrected chi connectivity index (χ2v) is 18.5. The van der Waals surface area contributed by atoms with Crippen molar-refractivity contribution in [3.05, 3.63) is 0 Å². The highest BCUT2D eigenvalue weighted by molar-refractivity contribution is 6.74. The van der Waals surface area contributed by atoms with E-state index in [9.17, 15) is 9.59 Å². The van der Waals surface area contributed by atoms with E-state index in [-0.39, 0.29) is 23.8 Å². The monoisotopic (exact) mass is 624 g/mol. The molecule has 0 bridgehead atoms. The summed E-state index contributed by atoms with van der Waals surface area (Å²) in [5.74, 6) is 0. The van der Waals surface area contributed by atoms with Crippen LogP contribution in [0.25, 0.3) is 0 Å². The van der Waals surface area contributed by atoms with Gasteiger partial charge in [0.25, 0.3) is 0 Å². The van der Waals surface area contributed by atoms with Crippen molar-refractivity contribution in [3.63, 3.8) is 0 Å². The van der Waals surface area contributed by atoms with Gasteiger partial charge in [0.2, 0.25) is 0 Å². The third kappa shape index (κ3) is 25.1. The predicted molar refractivity (Wildman–Crippen MR) is 170 cm³/mol. The summed E-state index contributed by atoms with van der Waals surface area (Å²) >= 11 is 0. The van der Waals surface area contributed by atoms with Crippen LogP contribution >= 0.6 is 0 Å². The Labute approximate surface area is 257 Å². The quantitative estimate of drug-likeness (QED) is 0.220. The van der Waals surface area contributed by atoms with Gasteiger partial charge in [0.15, 0.2) is 8.32 Å². The van der Waals surface area contributed by atoms with Crippen molar-refractivity contribution in [2.24, 2.45) is 0 Å². The van der Waals surface area contributed by atoms with Crippen molar-refractivity contribution < 1.29 is 42.8 Å². The molecule has 2 amide bonds. The molecule has 42 heavy (non-hydrogen) atoms. The lowest BCUT2D eigenvalue weighted by Gasteiger charge is -2.36. The molecular formula is C30H64N2O9Si. The third-order valence-electron chi connectivity index (χ3n) is 6.11. The fourth-order valence-corrected chi connectivity index (χ4v) is 3.64. The summed E-state index contributed by atoms with van der Waals surface area (Å²) in [7, 11) is 1.66. The maximum atomic E-state index is 11.7. The number of amides is 2. The Balaban J connectivity index is 0. The van der Waals surface area contributed by atoms with E-state index < -0.39 is 19.5 Å². The van der Waals surface area contributed by atoms with Gasteiger partial charge in [-0.2, -0.15) is 0 Å². The zero-order valence-electron chi connectivity index (χ0n) is 29.1. The fourth-order valence-electron chi connectivity index (χ4n) is 2.62. The lowest BCUT2D eigenvalue weighted by Crippen LogP contribution is -2.41. The first-order chi connectivity index (χ1) is 19.1. The van der Waals surface area contributed by atoms with E-state index >= 15 is 0 Å². The normalized spacial score (nSPS) is 13.8. The number of likely N-dealkylation sites (N-methyl/N-ethyl adjacent to an activating group) is 2. The predicted octanol–water partition coefficient (Wildman–Crippen LogP) is 5.55. The largest absolute Gasteiger partial charge is 0.444 e. The van der Waals surface area contributed by atoms with Gasteiger partial charge >= 0.3 is 12.2 Å². The van der Waals surface area contributed by atoms with Crippen LogP contribution in [0.3, 0.4) is 0 Å². The molecule has 0 aliphatic carbocycles. The van der Waals surface area contributed by atoms with Crippen LogP contribution < -0.4 is 0 Å². The van der Waals surface area contributed by atoms with E-state index in [4.69, 9.17) is 33.2 Å². The fraction of sp³-hybridized carbons (Fsp3) is 0.933. The highest BCUT2D eigenvalue weighted by Gasteiger charge is 2.36. The smallest absolute Gasteiger partial charge is 0.410 e. The Morgan fingerprint density at radius 3 is 1.43 bits per heavy atom. The second kappa shape index (κ2) is 21.3. The molecule has 1 rings (SSSR count). The summed E-state index contributed by atoms with van der Waals surface area (Å²) in [6, 6.07) is 0. The molecule has 0 aromatic carbocycles. The Morgan fingerprint density at radius 1 is 0.714 bits per heavy atom. The molecule has 0 radical (unpaired) electrons. The summed E-state index contributed by atoms with van der Waals surface area (Å²) in [6.45, 7) is 27.4. The van der Waals surface area contributed by atoms with Crippen LogP contribution in [0.1, 0.15) is 75.2 Å². The summed E-state index contributed by atoms with van der Waals surface area (Å²) in [4.78, 5) is 26.1. The Hall–Kier alpha value is -1.44.